The van der Waals surface area contributed by atoms with Gasteiger partial charge in [-0.05, 0) is 50.5 Å². The van der Waals surface area contributed by atoms with Crippen LogP contribution < -0.4 is 11.1 Å². The Morgan fingerprint density at radius 1 is 1.17 bits per heavy atom. The van der Waals surface area contributed by atoms with Gasteiger partial charge in [0.15, 0.2) is 5.78 Å². The molecule has 1 amide bonds. The molecular weight excluding hydrogens is 314 g/mol. The fourth-order valence-electron chi connectivity index (χ4n) is 2.60. The van der Waals surface area contributed by atoms with E-state index in [2.05, 4.69) is 10.3 Å². The summed E-state index contributed by atoms with van der Waals surface area (Å²) in [6, 6.07) is 7.57. The normalized spacial score (nSPS) is 10.0. The van der Waals surface area contributed by atoms with Crippen LogP contribution in [0.4, 0.5) is 5.69 Å². The summed E-state index contributed by atoms with van der Waals surface area (Å²) < 4.78 is 0. The van der Waals surface area contributed by atoms with E-state index in [0.717, 1.165) is 23.4 Å². The Morgan fingerprint density at radius 3 is 2.30 bits per heavy atom. The lowest BCUT2D eigenvalue weighted by Crippen LogP contribution is -2.26. The van der Waals surface area contributed by atoms with Crippen LogP contribution in [0.2, 0.25) is 0 Å². The van der Waals surface area contributed by atoms with Crippen molar-refractivity contribution in [3.8, 4) is 0 Å². The Kier molecular flexibility index (Phi) is 6.39. The van der Waals surface area contributed by atoms with Crippen LogP contribution >= 0.6 is 12.4 Å². The first-order valence-electron chi connectivity index (χ1n) is 7.23. The molecule has 1 aromatic heterocycles. The van der Waals surface area contributed by atoms with Crippen LogP contribution in [0.25, 0.3) is 0 Å². The molecule has 0 saturated heterocycles. The van der Waals surface area contributed by atoms with Crippen molar-refractivity contribution in [2.75, 3.05) is 12.3 Å². The number of aromatic nitrogens is 1. The molecule has 1 heterocycles. The van der Waals surface area contributed by atoms with Gasteiger partial charge in [-0.15, -0.1) is 12.4 Å². The van der Waals surface area contributed by atoms with E-state index < -0.39 is 0 Å². The number of aromatic amines is 1. The number of halogens is 1. The predicted molar refractivity (Wildman–Crippen MR) is 94.4 cm³/mol. The Hall–Kier alpha value is -2.27. The lowest BCUT2D eigenvalue weighted by Gasteiger charge is -2.05. The third-order valence-electron chi connectivity index (χ3n) is 3.70. The number of benzene rings is 1. The van der Waals surface area contributed by atoms with E-state index in [9.17, 15) is 9.59 Å². The van der Waals surface area contributed by atoms with Crippen LogP contribution in [-0.4, -0.2) is 23.2 Å². The molecule has 6 heteroatoms. The number of aryl methyl sites for hydroxylation is 1. The van der Waals surface area contributed by atoms with Crippen LogP contribution in [0.3, 0.4) is 0 Å². The van der Waals surface area contributed by atoms with E-state index in [1.54, 1.807) is 13.8 Å². The Bertz CT molecular complexity index is 705. The lowest BCUT2D eigenvalue weighted by atomic mass is 10.1. The summed E-state index contributed by atoms with van der Waals surface area (Å²) in [5, 5.41) is 2.87. The van der Waals surface area contributed by atoms with Crippen LogP contribution in [0, 0.1) is 13.8 Å². The molecule has 0 aliphatic heterocycles. The van der Waals surface area contributed by atoms with E-state index in [4.69, 9.17) is 5.73 Å². The van der Waals surface area contributed by atoms with Crippen molar-refractivity contribution in [2.24, 2.45) is 0 Å². The maximum Gasteiger partial charge on any atom is 0.268 e. The summed E-state index contributed by atoms with van der Waals surface area (Å²) in [7, 11) is 0. The summed E-state index contributed by atoms with van der Waals surface area (Å²) in [5.74, 6) is -0.226. The number of rotatable bonds is 5. The zero-order chi connectivity index (χ0) is 16.3. The molecule has 23 heavy (non-hydrogen) atoms. The van der Waals surface area contributed by atoms with Crippen molar-refractivity contribution >= 4 is 29.8 Å². The monoisotopic (exact) mass is 335 g/mol. The van der Waals surface area contributed by atoms with Gasteiger partial charge in [-0.1, -0.05) is 12.1 Å². The maximum absolute atomic E-state index is 12.2. The van der Waals surface area contributed by atoms with Gasteiger partial charge in [-0.2, -0.15) is 0 Å². The number of nitrogen functional groups attached to an aromatic ring is 1. The standard InChI is InChI=1S/C17H21N3O2.ClH/c1-10-15(12(3)21)11(2)20-16(10)17(22)19-9-8-13-4-6-14(18)7-5-13;/h4-7,20H,8-9,18H2,1-3H3,(H,19,22);1H. The zero-order valence-electron chi connectivity index (χ0n) is 13.5. The highest BCUT2D eigenvalue weighted by Gasteiger charge is 2.19. The topological polar surface area (TPSA) is 88.0 Å². The molecule has 0 saturated carbocycles. The summed E-state index contributed by atoms with van der Waals surface area (Å²) in [6.07, 6.45) is 0.727. The first kappa shape index (κ1) is 18.8. The second kappa shape index (κ2) is 7.83. The van der Waals surface area contributed by atoms with Crippen LogP contribution in [0.1, 0.15) is 44.6 Å². The molecule has 0 atom stereocenters. The second-order valence-corrected chi connectivity index (χ2v) is 5.43. The van der Waals surface area contributed by atoms with Crippen molar-refractivity contribution in [3.05, 3.63) is 52.3 Å². The average molecular weight is 336 g/mol. The third-order valence-corrected chi connectivity index (χ3v) is 3.70. The highest BCUT2D eigenvalue weighted by molar-refractivity contribution is 6.02. The number of carbonyl (C=O) groups excluding carboxylic acids is 2. The average Bonchev–Trinajstić information content (AvgIpc) is 2.76. The molecule has 2 aromatic rings. The molecular formula is C17H22ClN3O2. The number of ketones is 1. The van der Waals surface area contributed by atoms with Gasteiger partial charge in [-0.3, -0.25) is 9.59 Å². The highest BCUT2D eigenvalue weighted by Crippen LogP contribution is 2.18. The summed E-state index contributed by atoms with van der Waals surface area (Å²) >= 11 is 0. The largest absolute Gasteiger partial charge is 0.399 e. The smallest absolute Gasteiger partial charge is 0.268 e. The van der Waals surface area contributed by atoms with E-state index >= 15 is 0 Å². The number of carbonyl (C=O) groups is 2. The SMILES string of the molecule is CC(=O)c1c(C)[nH]c(C(=O)NCCc2ccc(N)cc2)c1C.Cl. The van der Waals surface area contributed by atoms with Gasteiger partial charge in [0, 0.05) is 23.5 Å². The maximum atomic E-state index is 12.2. The van der Waals surface area contributed by atoms with Crippen molar-refractivity contribution in [2.45, 2.75) is 27.2 Å². The van der Waals surface area contributed by atoms with Crippen molar-refractivity contribution < 1.29 is 9.59 Å². The van der Waals surface area contributed by atoms with Gasteiger partial charge < -0.3 is 16.0 Å². The number of hydrogen-bond donors (Lipinski definition) is 3. The van der Waals surface area contributed by atoms with E-state index in [-0.39, 0.29) is 24.1 Å². The molecule has 0 spiro atoms. The minimum atomic E-state index is -0.191. The van der Waals surface area contributed by atoms with Crippen molar-refractivity contribution in [3.63, 3.8) is 0 Å². The molecule has 1 aromatic carbocycles. The Morgan fingerprint density at radius 2 is 1.78 bits per heavy atom. The molecule has 0 radical (unpaired) electrons. The quantitative estimate of drug-likeness (QED) is 0.580. The third kappa shape index (κ3) is 4.36. The van der Waals surface area contributed by atoms with Crippen LogP contribution in [-0.2, 0) is 6.42 Å². The summed E-state index contributed by atoms with van der Waals surface area (Å²) in [5.41, 5.74) is 9.96. The number of nitrogens with two attached hydrogens (primary N) is 1. The Balaban J connectivity index is 0.00000264. The first-order chi connectivity index (χ1) is 10.4. The fourth-order valence-corrected chi connectivity index (χ4v) is 2.60. The number of nitrogens with one attached hydrogen (secondary N) is 2. The predicted octanol–water partition coefficient (Wildman–Crippen LogP) is 2.81. The molecule has 4 N–H and O–H groups in total. The first-order valence-corrected chi connectivity index (χ1v) is 7.23. The van der Waals surface area contributed by atoms with Gasteiger partial charge in [0.2, 0.25) is 0 Å². The second-order valence-electron chi connectivity index (χ2n) is 5.43. The number of Topliss-reactive ketones (excluding diaryl/α,β-unsaturated/α-hetero) is 1. The minimum absolute atomic E-state index is 0. The van der Waals surface area contributed by atoms with E-state index in [1.807, 2.05) is 24.3 Å². The van der Waals surface area contributed by atoms with Crippen LogP contribution in [0.5, 0.6) is 0 Å². The number of H-pyrrole nitrogens is 1. The molecule has 2 rings (SSSR count). The fraction of sp³-hybridized carbons (Fsp3) is 0.294. The minimum Gasteiger partial charge on any atom is -0.399 e. The summed E-state index contributed by atoms with van der Waals surface area (Å²) in [6.45, 7) is 5.62. The van der Waals surface area contributed by atoms with Gasteiger partial charge >= 0.3 is 0 Å². The molecule has 0 aliphatic carbocycles. The van der Waals surface area contributed by atoms with Crippen LogP contribution in [0.15, 0.2) is 24.3 Å². The van der Waals surface area contributed by atoms with Gasteiger partial charge in [0.25, 0.3) is 5.91 Å². The molecule has 0 fully saturated rings. The van der Waals surface area contributed by atoms with Crippen molar-refractivity contribution in [1.29, 1.82) is 0 Å². The Labute approximate surface area is 142 Å². The number of amides is 1. The van der Waals surface area contributed by atoms with Gasteiger partial charge in [-0.25, -0.2) is 0 Å². The van der Waals surface area contributed by atoms with Gasteiger partial charge in [0.1, 0.15) is 5.69 Å². The number of hydrogen-bond acceptors (Lipinski definition) is 3. The molecule has 0 unspecified atom stereocenters. The summed E-state index contributed by atoms with van der Waals surface area (Å²) in [4.78, 5) is 26.8. The lowest BCUT2D eigenvalue weighted by molar-refractivity contribution is 0.0949. The van der Waals surface area contributed by atoms with E-state index in [1.165, 1.54) is 6.92 Å². The molecule has 124 valence electrons. The van der Waals surface area contributed by atoms with E-state index in [0.29, 0.717) is 23.4 Å². The van der Waals surface area contributed by atoms with Crippen molar-refractivity contribution in [1.82, 2.24) is 10.3 Å². The molecule has 0 aliphatic rings. The zero-order valence-corrected chi connectivity index (χ0v) is 14.3. The molecule has 0 bridgehead atoms. The molecule has 5 nitrogen and oxygen atoms in total. The van der Waals surface area contributed by atoms with Gasteiger partial charge in [0.05, 0.1) is 0 Å². The highest BCUT2D eigenvalue weighted by atomic mass is 35.5. The number of anilines is 1.